The average molecular weight is 271 g/mol. The molecule has 102 valence electrons. The molecular weight excluding hydrogens is 247 g/mol. The molecule has 1 aromatic rings. The van der Waals surface area contributed by atoms with E-state index in [1.54, 1.807) is 0 Å². The van der Waals surface area contributed by atoms with Gasteiger partial charge in [-0.2, -0.15) is 14.7 Å². The van der Waals surface area contributed by atoms with Crippen LogP contribution in [0.3, 0.4) is 0 Å². The zero-order chi connectivity index (χ0) is 14.4. The van der Waals surface area contributed by atoms with E-state index in [0.717, 1.165) is 11.1 Å². The van der Waals surface area contributed by atoms with Crippen LogP contribution >= 0.6 is 7.94 Å². The molecule has 0 fully saturated rings. The van der Waals surface area contributed by atoms with Crippen LogP contribution < -0.4 is 5.30 Å². The molecule has 0 atom stereocenters. The van der Waals surface area contributed by atoms with Gasteiger partial charge in [0.05, 0.1) is 0 Å². The summed E-state index contributed by atoms with van der Waals surface area (Å²) in [6, 6.07) is 5.60. The predicted molar refractivity (Wildman–Crippen MR) is 77.1 cm³/mol. The monoisotopic (exact) mass is 271 g/mol. The standard InChI is InChI=1S/C14H24O3P/c1-13(2,3)10-8-7-9-11(14(4,5)6)12(10)18(15,16)17/h7-9,15-17H,1-6H3/q+1. The third kappa shape index (κ3) is 3.30. The Bertz CT molecular complexity index is 402. The molecule has 0 aliphatic heterocycles. The summed E-state index contributed by atoms with van der Waals surface area (Å²) in [5, 5.41) is 0.310. The Morgan fingerprint density at radius 2 is 1.11 bits per heavy atom. The van der Waals surface area contributed by atoms with Crippen LogP contribution in [-0.2, 0) is 10.8 Å². The van der Waals surface area contributed by atoms with Gasteiger partial charge in [-0.05, 0) is 10.8 Å². The van der Waals surface area contributed by atoms with Crippen LogP contribution in [0, 0.1) is 0 Å². The zero-order valence-electron chi connectivity index (χ0n) is 12.0. The second-order valence-corrected chi connectivity index (χ2v) is 8.35. The maximum Gasteiger partial charge on any atom is 0.441 e. The molecule has 0 bridgehead atoms. The number of rotatable bonds is 1. The van der Waals surface area contributed by atoms with Gasteiger partial charge in [-0.25, -0.2) is 0 Å². The Balaban J connectivity index is 3.68. The fraction of sp³-hybridized carbons (Fsp3) is 0.571. The Morgan fingerprint density at radius 1 is 0.778 bits per heavy atom. The second kappa shape index (κ2) is 4.57. The van der Waals surface area contributed by atoms with E-state index in [9.17, 15) is 14.7 Å². The highest BCUT2D eigenvalue weighted by Crippen LogP contribution is 2.48. The molecular formula is C14H24O3P+. The fourth-order valence-electron chi connectivity index (χ4n) is 2.08. The molecule has 0 amide bonds. The quantitative estimate of drug-likeness (QED) is 0.688. The van der Waals surface area contributed by atoms with Gasteiger partial charge in [-0.3, -0.25) is 0 Å². The van der Waals surface area contributed by atoms with Crippen molar-refractivity contribution in [1.29, 1.82) is 0 Å². The summed E-state index contributed by atoms with van der Waals surface area (Å²) in [5.74, 6) is 0. The lowest BCUT2D eigenvalue weighted by Gasteiger charge is -2.28. The van der Waals surface area contributed by atoms with Crippen LogP contribution in [0.5, 0.6) is 0 Å². The molecule has 0 radical (unpaired) electrons. The van der Waals surface area contributed by atoms with E-state index in [-0.39, 0.29) is 10.8 Å². The fourth-order valence-corrected chi connectivity index (χ4v) is 3.54. The van der Waals surface area contributed by atoms with Gasteiger partial charge in [0, 0.05) is 11.1 Å². The van der Waals surface area contributed by atoms with Gasteiger partial charge < -0.3 is 0 Å². The van der Waals surface area contributed by atoms with Crippen LogP contribution in [0.2, 0.25) is 0 Å². The maximum absolute atomic E-state index is 9.80. The third-order valence-electron chi connectivity index (χ3n) is 2.95. The van der Waals surface area contributed by atoms with Crippen molar-refractivity contribution in [2.75, 3.05) is 0 Å². The predicted octanol–water partition coefficient (Wildman–Crippen LogP) is 2.65. The van der Waals surface area contributed by atoms with Crippen molar-refractivity contribution < 1.29 is 14.7 Å². The Kier molecular flexibility index (Phi) is 3.96. The van der Waals surface area contributed by atoms with E-state index in [1.165, 1.54) is 0 Å². The average Bonchev–Trinajstić information content (AvgIpc) is 2.12. The normalized spacial score (nSPS) is 13.8. The van der Waals surface area contributed by atoms with Crippen molar-refractivity contribution in [3.63, 3.8) is 0 Å². The first-order valence-electron chi connectivity index (χ1n) is 6.07. The number of benzene rings is 1. The van der Waals surface area contributed by atoms with E-state index >= 15 is 0 Å². The molecule has 3 N–H and O–H groups in total. The van der Waals surface area contributed by atoms with Crippen molar-refractivity contribution in [1.82, 2.24) is 0 Å². The smallest absolute Gasteiger partial charge is 0.189 e. The van der Waals surface area contributed by atoms with Gasteiger partial charge in [-0.1, -0.05) is 59.7 Å². The first-order valence-corrected chi connectivity index (χ1v) is 7.71. The zero-order valence-corrected chi connectivity index (χ0v) is 12.9. The molecule has 0 saturated heterocycles. The van der Waals surface area contributed by atoms with Crippen molar-refractivity contribution in [3.8, 4) is 0 Å². The van der Waals surface area contributed by atoms with E-state index in [1.807, 2.05) is 59.7 Å². The molecule has 0 spiro atoms. The van der Waals surface area contributed by atoms with Gasteiger partial charge in [0.2, 0.25) is 0 Å². The highest BCUT2D eigenvalue weighted by atomic mass is 31.2. The highest BCUT2D eigenvalue weighted by Gasteiger charge is 2.44. The molecule has 1 aromatic carbocycles. The Labute approximate surface area is 110 Å². The maximum atomic E-state index is 9.80. The summed E-state index contributed by atoms with van der Waals surface area (Å²) < 4.78 is 0. The summed E-state index contributed by atoms with van der Waals surface area (Å²) in [6.07, 6.45) is 0. The SMILES string of the molecule is CC(C)(C)c1cccc(C(C)(C)C)c1[P+](O)(O)O. The minimum atomic E-state index is -4.04. The molecule has 0 aliphatic carbocycles. The summed E-state index contributed by atoms with van der Waals surface area (Å²) >= 11 is 0. The van der Waals surface area contributed by atoms with Crippen molar-refractivity contribution in [2.24, 2.45) is 0 Å². The third-order valence-corrected chi connectivity index (χ3v) is 4.03. The first-order chi connectivity index (χ1) is 7.85. The number of hydrogen-bond donors (Lipinski definition) is 3. The summed E-state index contributed by atoms with van der Waals surface area (Å²) in [7, 11) is -4.04. The van der Waals surface area contributed by atoms with Gasteiger partial charge in [0.25, 0.3) is 0 Å². The second-order valence-electron chi connectivity index (χ2n) is 6.77. The molecule has 0 saturated carbocycles. The lowest BCUT2D eigenvalue weighted by Crippen LogP contribution is -2.32. The van der Waals surface area contributed by atoms with Crippen LogP contribution in [0.1, 0.15) is 52.7 Å². The molecule has 0 aliphatic rings. The van der Waals surface area contributed by atoms with E-state index in [4.69, 9.17) is 0 Å². The Hall–Kier alpha value is -0.470. The molecule has 4 heteroatoms. The van der Waals surface area contributed by atoms with E-state index in [2.05, 4.69) is 0 Å². The lowest BCUT2D eigenvalue weighted by molar-refractivity contribution is 0.345. The molecule has 0 aromatic heterocycles. The van der Waals surface area contributed by atoms with Gasteiger partial charge >= 0.3 is 7.94 Å². The summed E-state index contributed by atoms with van der Waals surface area (Å²) in [4.78, 5) is 29.4. The molecule has 0 heterocycles. The molecule has 18 heavy (non-hydrogen) atoms. The van der Waals surface area contributed by atoms with Crippen molar-refractivity contribution in [2.45, 2.75) is 52.4 Å². The topological polar surface area (TPSA) is 60.7 Å². The van der Waals surface area contributed by atoms with Gasteiger partial charge in [0.15, 0.2) is 5.30 Å². The van der Waals surface area contributed by atoms with Gasteiger partial charge in [-0.15, -0.1) is 0 Å². The van der Waals surface area contributed by atoms with Crippen LogP contribution in [0.15, 0.2) is 18.2 Å². The summed E-state index contributed by atoms with van der Waals surface area (Å²) in [6.45, 7) is 12.0. The molecule has 1 rings (SSSR count). The van der Waals surface area contributed by atoms with Crippen molar-refractivity contribution in [3.05, 3.63) is 29.3 Å². The van der Waals surface area contributed by atoms with Crippen LogP contribution in [0.4, 0.5) is 0 Å². The van der Waals surface area contributed by atoms with E-state index < -0.39 is 7.94 Å². The molecule has 3 nitrogen and oxygen atoms in total. The minimum Gasteiger partial charge on any atom is -0.189 e. The summed E-state index contributed by atoms with van der Waals surface area (Å²) in [5.41, 5.74) is 1.07. The largest absolute Gasteiger partial charge is 0.441 e. The van der Waals surface area contributed by atoms with E-state index in [0.29, 0.717) is 5.30 Å². The highest BCUT2D eigenvalue weighted by molar-refractivity contribution is 7.67. The first kappa shape index (κ1) is 15.6. The van der Waals surface area contributed by atoms with Gasteiger partial charge in [0.1, 0.15) is 0 Å². The van der Waals surface area contributed by atoms with Crippen molar-refractivity contribution >= 4 is 13.2 Å². The lowest BCUT2D eigenvalue weighted by atomic mass is 9.80. The minimum absolute atomic E-state index is 0.254. The number of hydrogen-bond acceptors (Lipinski definition) is 3. The van der Waals surface area contributed by atoms with Crippen LogP contribution in [-0.4, -0.2) is 14.7 Å². The Morgan fingerprint density at radius 3 is 1.33 bits per heavy atom. The van der Waals surface area contributed by atoms with Crippen LogP contribution in [0.25, 0.3) is 0 Å². The molecule has 0 unspecified atom stereocenters.